The summed E-state index contributed by atoms with van der Waals surface area (Å²) in [6, 6.07) is 8.74. The second-order valence-electron chi connectivity index (χ2n) is 6.87. The topological polar surface area (TPSA) is 47.4 Å². The number of methoxy groups -OCH3 is 1. The highest BCUT2D eigenvalue weighted by Gasteiger charge is 2.22. The lowest BCUT2D eigenvalue weighted by Gasteiger charge is -2.33. The molecule has 0 radical (unpaired) electrons. The van der Waals surface area contributed by atoms with Crippen LogP contribution in [0.1, 0.15) is 41.9 Å². The van der Waals surface area contributed by atoms with Crippen molar-refractivity contribution in [3.8, 4) is 0 Å². The van der Waals surface area contributed by atoms with Gasteiger partial charge in [-0.15, -0.1) is 0 Å². The summed E-state index contributed by atoms with van der Waals surface area (Å²) in [4.78, 5) is 13.8. The predicted octanol–water partition coefficient (Wildman–Crippen LogP) is 3.13. The number of benzene rings is 1. The number of likely N-dealkylation sites (tertiary alicyclic amines) is 1. The number of hydrogen-bond acceptors (Lipinski definition) is 4. The first-order valence-electron chi connectivity index (χ1n) is 9.01. The maximum absolute atomic E-state index is 11.2. The van der Waals surface area contributed by atoms with Crippen LogP contribution in [0.4, 0.5) is 0 Å². The highest BCUT2D eigenvalue weighted by molar-refractivity contribution is 5.68. The number of piperidine rings is 1. The van der Waals surface area contributed by atoms with Crippen molar-refractivity contribution in [2.75, 3.05) is 20.2 Å². The van der Waals surface area contributed by atoms with Gasteiger partial charge in [-0.2, -0.15) is 5.10 Å². The van der Waals surface area contributed by atoms with Crippen molar-refractivity contribution in [1.82, 2.24) is 14.7 Å². The van der Waals surface area contributed by atoms with Crippen LogP contribution < -0.4 is 0 Å². The van der Waals surface area contributed by atoms with E-state index in [0.717, 1.165) is 19.6 Å². The minimum absolute atomic E-state index is 0.200. The minimum atomic E-state index is -0.200. The summed E-state index contributed by atoms with van der Waals surface area (Å²) in [7, 11) is 1.41. The number of nitrogens with zero attached hydrogens (tertiary/aromatic N) is 3. The van der Waals surface area contributed by atoms with Gasteiger partial charge >= 0.3 is 5.97 Å². The quantitative estimate of drug-likeness (QED) is 0.758. The molecule has 1 saturated heterocycles. The number of carbonyl (C=O) groups excluding carboxylic acids is 1. The normalized spacial score (nSPS) is 18.2. The zero-order valence-corrected chi connectivity index (χ0v) is 15.1. The van der Waals surface area contributed by atoms with Crippen LogP contribution in [0.3, 0.4) is 0 Å². The lowest BCUT2D eigenvalue weighted by atomic mass is 9.88. The average molecular weight is 341 g/mol. The van der Waals surface area contributed by atoms with Crippen molar-refractivity contribution in [3.63, 3.8) is 0 Å². The number of aromatic nitrogens is 2. The fourth-order valence-electron chi connectivity index (χ4n) is 3.67. The highest BCUT2D eigenvalue weighted by Crippen LogP contribution is 2.29. The summed E-state index contributed by atoms with van der Waals surface area (Å²) >= 11 is 0. The molecule has 2 heterocycles. The first-order valence-corrected chi connectivity index (χ1v) is 9.01. The van der Waals surface area contributed by atoms with E-state index in [9.17, 15) is 4.79 Å². The average Bonchev–Trinajstić information content (AvgIpc) is 3.07. The Kier molecular flexibility index (Phi) is 5.87. The van der Waals surface area contributed by atoms with E-state index in [1.54, 1.807) is 0 Å². The Morgan fingerprint density at radius 1 is 1.36 bits per heavy atom. The Bertz CT molecular complexity index is 710. The van der Waals surface area contributed by atoms with Gasteiger partial charge in [-0.1, -0.05) is 24.3 Å². The fraction of sp³-hybridized carbons (Fsp3) is 0.500. The smallest absolute Gasteiger partial charge is 0.307 e. The largest absolute Gasteiger partial charge is 0.469 e. The number of aryl methyl sites for hydroxylation is 2. The molecule has 5 heteroatoms. The van der Waals surface area contributed by atoms with Crippen molar-refractivity contribution < 1.29 is 9.53 Å². The monoisotopic (exact) mass is 341 g/mol. The third-order valence-electron chi connectivity index (χ3n) is 5.00. The van der Waals surface area contributed by atoms with Crippen molar-refractivity contribution in [2.24, 2.45) is 0 Å². The first-order chi connectivity index (χ1) is 12.2. The first kappa shape index (κ1) is 17.7. The zero-order chi connectivity index (χ0) is 17.6. The summed E-state index contributed by atoms with van der Waals surface area (Å²) in [6.45, 7) is 5.92. The van der Waals surface area contributed by atoms with Gasteiger partial charge in [0, 0.05) is 24.8 Å². The predicted molar refractivity (Wildman–Crippen MR) is 97.3 cm³/mol. The molecule has 0 amide bonds. The molecule has 0 N–H and O–H groups in total. The molecule has 1 aromatic heterocycles. The zero-order valence-electron chi connectivity index (χ0n) is 15.1. The van der Waals surface area contributed by atoms with Crippen molar-refractivity contribution in [2.45, 2.75) is 45.2 Å². The molecule has 25 heavy (non-hydrogen) atoms. The summed E-state index contributed by atoms with van der Waals surface area (Å²) in [6.07, 6.45) is 6.81. The highest BCUT2D eigenvalue weighted by atomic mass is 16.5. The van der Waals surface area contributed by atoms with E-state index in [0.29, 0.717) is 18.9 Å². The van der Waals surface area contributed by atoms with Crippen molar-refractivity contribution >= 4 is 5.97 Å². The summed E-state index contributed by atoms with van der Waals surface area (Å²) in [5.41, 5.74) is 4.08. The van der Waals surface area contributed by atoms with Gasteiger partial charge in [0.15, 0.2) is 0 Å². The Labute approximate surface area is 149 Å². The SMILES string of the molecule is COC(=O)CCn1cc(CN2CCC[C@@H](c3ccccc3C)C2)cn1. The van der Waals surface area contributed by atoms with E-state index >= 15 is 0 Å². The Hall–Kier alpha value is -2.14. The number of esters is 1. The molecule has 2 aromatic rings. The van der Waals surface area contributed by atoms with Crippen LogP contribution in [0.25, 0.3) is 0 Å². The lowest BCUT2D eigenvalue weighted by Crippen LogP contribution is -2.34. The standard InChI is InChI=1S/C20H27N3O2/c1-16-6-3-4-8-19(16)18-7-5-10-22(15-18)13-17-12-21-23(14-17)11-9-20(24)25-2/h3-4,6,8,12,14,18H,5,7,9-11,13,15H2,1-2H3/t18-/m1/s1. The van der Waals surface area contributed by atoms with Crippen LogP contribution in [-0.4, -0.2) is 40.8 Å². The number of hydrogen-bond donors (Lipinski definition) is 0. The molecule has 1 fully saturated rings. The summed E-state index contributed by atoms with van der Waals surface area (Å²) in [5.74, 6) is 0.415. The lowest BCUT2D eigenvalue weighted by molar-refractivity contribution is -0.140. The van der Waals surface area contributed by atoms with Gasteiger partial charge in [0.25, 0.3) is 0 Å². The summed E-state index contributed by atoms with van der Waals surface area (Å²) < 4.78 is 6.50. The van der Waals surface area contributed by atoms with E-state index in [2.05, 4.69) is 45.9 Å². The van der Waals surface area contributed by atoms with Crippen LogP contribution in [0.15, 0.2) is 36.7 Å². The Morgan fingerprint density at radius 2 is 2.20 bits per heavy atom. The number of carbonyl (C=O) groups is 1. The molecule has 1 atom stereocenters. The van der Waals surface area contributed by atoms with Gasteiger partial charge in [-0.05, 0) is 43.4 Å². The molecule has 0 spiro atoms. The second-order valence-corrected chi connectivity index (χ2v) is 6.87. The third kappa shape index (κ3) is 4.69. The molecular formula is C20H27N3O2. The van der Waals surface area contributed by atoms with Crippen LogP contribution >= 0.6 is 0 Å². The molecule has 1 aliphatic heterocycles. The molecule has 134 valence electrons. The summed E-state index contributed by atoms with van der Waals surface area (Å²) in [5, 5.41) is 4.36. The second kappa shape index (κ2) is 8.30. The van der Waals surface area contributed by atoms with Crippen LogP contribution in [0.5, 0.6) is 0 Å². The van der Waals surface area contributed by atoms with Gasteiger partial charge in [0.05, 0.1) is 26.3 Å². The molecule has 0 unspecified atom stereocenters. The van der Waals surface area contributed by atoms with Crippen molar-refractivity contribution in [1.29, 1.82) is 0 Å². The molecule has 1 aliphatic rings. The van der Waals surface area contributed by atoms with E-state index in [1.165, 1.54) is 36.6 Å². The number of rotatable bonds is 6. The molecule has 5 nitrogen and oxygen atoms in total. The van der Waals surface area contributed by atoms with Crippen LogP contribution in [0.2, 0.25) is 0 Å². The van der Waals surface area contributed by atoms with E-state index < -0.39 is 0 Å². The third-order valence-corrected chi connectivity index (χ3v) is 5.00. The van der Waals surface area contributed by atoms with Crippen LogP contribution in [0, 0.1) is 6.92 Å². The molecule has 3 rings (SSSR count). The van der Waals surface area contributed by atoms with Crippen LogP contribution in [-0.2, 0) is 22.6 Å². The van der Waals surface area contributed by atoms with Gasteiger partial charge in [0.1, 0.15) is 0 Å². The molecule has 0 saturated carbocycles. The van der Waals surface area contributed by atoms with Gasteiger partial charge < -0.3 is 4.74 Å². The van der Waals surface area contributed by atoms with E-state index in [4.69, 9.17) is 0 Å². The molecular weight excluding hydrogens is 314 g/mol. The molecule has 0 aliphatic carbocycles. The van der Waals surface area contributed by atoms with Gasteiger partial charge in [0.2, 0.25) is 0 Å². The van der Waals surface area contributed by atoms with E-state index in [-0.39, 0.29) is 5.97 Å². The molecule has 0 bridgehead atoms. The van der Waals surface area contributed by atoms with Crippen molar-refractivity contribution in [3.05, 3.63) is 53.3 Å². The van der Waals surface area contributed by atoms with Gasteiger partial charge in [-0.3, -0.25) is 14.4 Å². The maximum atomic E-state index is 11.2. The Morgan fingerprint density at radius 3 is 3.00 bits per heavy atom. The van der Waals surface area contributed by atoms with E-state index in [1.807, 2.05) is 17.1 Å². The fourth-order valence-corrected chi connectivity index (χ4v) is 3.67. The Balaban J connectivity index is 1.57. The van der Waals surface area contributed by atoms with Gasteiger partial charge in [-0.25, -0.2) is 0 Å². The minimum Gasteiger partial charge on any atom is -0.469 e. The maximum Gasteiger partial charge on any atom is 0.307 e. The molecule has 1 aromatic carbocycles. The number of ether oxygens (including phenoxy) is 1.